The first-order valence-electron chi connectivity index (χ1n) is 4.34. The highest BCUT2D eigenvalue weighted by Crippen LogP contribution is 2.12. The van der Waals surface area contributed by atoms with Gasteiger partial charge in [0.1, 0.15) is 0 Å². The van der Waals surface area contributed by atoms with E-state index in [0.29, 0.717) is 0 Å². The minimum atomic E-state index is -3.58. The zero-order valence-corrected chi connectivity index (χ0v) is 9.43. The van der Waals surface area contributed by atoms with Gasteiger partial charge in [0.2, 0.25) is 10.0 Å². The molecule has 4 nitrogen and oxygen atoms in total. The number of hydrogen-bond acceptors (Lipinski definition) is 3. The van der Waals surface area contributed by atoms with Gasteiger partial charge in [-0.1, -0.05) is 19.9 Å². The average molecular weight is 216 g/mol. The Bertz CT molecular complexity index is 374. The summed E-state index contributed by atoms with van der Waals surface area (Å²) in [6.07, 6.45) is 0. The number of benzene rings is 1. The highest BCUT2D eigenvalue weighted by molar-refractivity contribution is 7.89. The van der Waals surface area contributed by atoms with E-state index in [1.54, 1.807) is 19.2 Å². The first kappa shape index (κ1) is 12.9. The molecule has 14 heavy (non-hydrogen) atoms. The third-order valence-electron chi connectivity index (χ3n) is 1.45. The Balaban J connectivity index is 0.000000791. The second-order valence-corrected chi connectivity index (χ2v) is 3.88. The predicted molar refractivity (Wildman–Crippen MR) is 58.7 cm³/mol. The van der Waals surface area contributed by atoms with Crippen molar-refractivity contribution < 1.29 is 8.42 Å². The Morgan fingerprint density at radius 2 is 1.86 bits per heavy atom. The molecule has 1 aromatic rings. The van der Waals surface area contributed by atoms with E-state index in [4.69, 9.17) is 5.14 Å². The fraction of sp³-hybridized carbons (Fsp3) is 0.333. The van der Waals surface area contributed by atoms with Crippen molar-refractivity contribution in [1.29, 1.82) is 0 Å². The minimum absolute atomic E-state index is 0.120. The second kappa shape index (κ2) is 5.62. The zero-order chi connectivity index (χ0) is 11.2. The molecule has 3 N–H and O–H groups in total. The fourth-order valence-corrected chi connectivity index (χ4v) is 1.39. The summed E-state index contributed by atoms with van der Waals surface area (Å²) in [4.78, 5) is 0.120. The standard InChI is InChI=1S/C7H10N2O2S.C2H6/c1-9-6-3-2-4-7(5-6)12(8,10)11;1-2/h2-5,9H,1H3,(H2,8,10,11);1-2H3. The first-order chi connectivity index (χ1) is 6.54. The van der Waals surface area contributed by atoms with Gasteiger partial charge in [0.15, 0.2) is 0 Å². The smallest absolute Gasteiger partial charge is 0.238 e. The number of rotatable bonds is 2. The fourth-order valence-electron chi connectivity index (χ4n) is 0.829. The molecule has 5 heteroatoms. The van der Waals surface area contributed by atoms with E-state index in [-0.39, 0.29) is 4.90 Å². The Morgan fingerprint density at radius 1 is 1.29 bits per heavy atom. The molecule has 0 aromatic heterocycles. The van der Waals surface area contributed by atoms with Crippen LogP contribution in [-0.2, 0) is 10.0 Å². The van der Waals surface area contributed by atoms with Crippen LogP contribution in [0.25, 0.3) is 0 Å². The van der Waals surface area contributed by atoms with Crippen LogP contribution in [0, 0.1) is 0 Å². The van der Waals surface area contributed by atoms with Gasteiger partial charge in [-0.05, 0) is 18.2 Å². The molecule has 0 heterocycles. The van der Waals surface area contributed by atoms with Crippen LogP contribution in [0.1, 0.15) is 13.8 Å². The SMILES string of the molecule is CC.CNc1cccc(S(N)(=O)=O)c1. The molecule has 0 atom stereocenters. The Morgan fingerprint density at radius 3 is 2.29 bits per heavy atom. The van der Waals surface area contributed by atoms with Crippen molar-refractivity contribution in [2.24, 2.45) is 5.14 Å². The van der Waals surface area contributed by atoms with Crippen molar-refractivity contribution in [3.05, 3.63) is 24.3 Å². The lowest BCUT2D eigenvalue weighted by Crippen LogP contribution is -2.12. The molecule has 1 aromatic carbocycles. The molecule has 0 aliphatic rings. The quantitative estimate of drug-likeness (QED) is 0.785. The number of nitrogens with one attached hydrogen (secondary N) is 1. The van der Waals surface area contributed by atoms with Gasteiger partial charge in [0, 0.05) is 12.7 Å². The van der Waals surface area contributed by atoms with E-state index < -0.39 is 10.0 Å². The van der Waals surface area contributed by atoms with E-state index in [2.05, 4.69) is 5.32 Å². The van der Waals surface area contributed by atoms with Crippen LogP contribution < -0.4 is 10.5 Å². The van der Waals surface area contributed by atoms with Crippen LogP contribution in [0.5, 0.6) is 0 Å². The molecule has 0 fully saturated rings. The third-order valence-corrected chi connectivity index (χ3v) is 2.36. The summed E-state index contributed by atoms with van der Waals surface area (Å²) in [6.45, 7) is 4.00. The van der Waals surface area contributed by atoms with Gasteiger partial charge >= 0.3 is 0 Å². The summed E-state index contributed by atoms with van der Waals surface area (Å²) in [5.41, 5.74) is 0.724. The molecule has 0 saturated heterocycles. The van der Waals surface area contributed by atoms with Crippen molar-refractivity contribution in [1.82, 2.24) is 0 Å². The lowest BCUT2D eigenvalue weighted by Gasteiger charge is -2.01. The molecule has 1 rings (SSSR count). The number of anilines is 1. The Kier molecular flexibility index (Phi) is 5.19. The molecule has 80 valence electrons. The summed E-state index contributed by atoms with van der Waals surface area (Å²) in [5.74, 6) is 0. The molecule has 0 aliphatic heterocycles. The molecule has 0 aliphatic carbocycles. The molecule has 0 spiro atoms. The van der Waals surface area contributed by atoms with Crippen molar-refractivity contribution in [3.63, 3.8) is 0 Å². The molecular weight excluding hydrogens is 200 g/mol. The van der Waals surface area contributed by atoms with Crippen LogP contribution in [0.4, 0.5) is 5.69 Å². The van der Waals surface area contributed by atoms with Crippen molar-refractivity contribution >= 4 is 15.7 Å². The normalized spacial score (nSPS) is 10.0. The first-order valence-corrected chi connectivity index (χ1v) is 5.89. The zero-order valence-electron chi connectivity index (χ0n) is 8.61. The second-order valence-electron chi connectivity index (χ2n) is 2.32. The summed E-state index contributed by atoms with van der Waals surface area (Å²) < 4.78 is 21.7. The summed E-state index contributed by atoms with van der Waals surface area (Å²) >= 11 is 0. The van der Waals surface area contributed by atoms with Crippen LogP contribution in [-0.4, -0.2) is 15.5 Å². The van der Waals surface area contributed by atoms with Crippen LogP contribution in [0.2, 0.25) is 0 Å². The predicted octanol–water partition coefficient (Wildman–Crippen LogP) is 1.40. The monoisotopic (exact) mass is 216 g/mol. The topological polar surface area (TPSA) is 72.2 Å². The highest BCUT2D eigenvalue weighted by Gasteiger charge is 2.06. The highest BCUT2D eigenvalue weighted by atomic mass is 32.2. The number of hydrogen-bond donors (Lipinski definition) is 2. The number of primary sulfonamides is 1. The van der Waals surface area contributed by atoms with Gasteiger partial charge in [0.25, 0.3) is 0 Å². The Hall–Kier alpha value is -1.07. The lowest BCUT2D eigenvalue weighted by molar-refractivity contribution is 0.598. The molecular formula is C9H16N2O2S. The van der Waals surface area contributed by atoms with Gasteiger partial charge in [-0.2, -0.15) is 0 Å². The summed E-state index contributed by atoms with van der Waals surface area (Å²) in [6, 6.07) is 6.33. The van der Waals surface area contributed by atoms with Crippen LogP contribution in [0.3, 0.4) is 0 Å². The maximum Gasteiger partial charge on any atom is 0.238 e. The van der Waals surface area contributed by atoms with Gasteiger partial charge in [0.05, 0.1) is 4.90 Å². The van der Waals surface area contributed by atoms with Gasteiger partial charge in [-0.3, -0.25) is 0 Å². The maximum absolute atomic E-state index is 10.9. The van der Waals surface area contributed by atoms with Crippen LogP contribution >= 0.6 is 0 Å². The average Bonchev–Trinajstić information content (AvgIpc) is 2.20. The van der Waals surface area contributed by atoms with E-state index in [9.17, 15) is 8.42 Å². The molecule has 0 unspecified atom stereocenters. The number of nitrogens with two attached hydrogens (primary N) is 1. The Labute approximate surface area is 85.2 Å². The molecule has 0 saturated carbocycles. The third kappa shape index (κ3) is 3.76. The van der Waals surface area contributed by atoms with Gasteiger partial charge in [-0.15, -0.1) is 0 Å². The summed E-state index contributed by atoms with van der Waals surface area (Å²) in [7, 11) is -1.86. The minimum Gasteiger partial charge on any atom is -0.388 e. The van der Waals surface area contributed by atoms with E-state index in [1.807, 2.05) is 13.8 Å². The van der Waals surface area contributed by atoms with Crippen molar-refractivity contribution in [2.45, 2.75) is 18.7 Å². The van der Waals surface area contributed by atoms with Gasteiger partial charge in [-0.25, -0.2) is 13.6 Å². The maximum atomic E-state index is 10.9. The van der Waals surface area contributed by atoms with E-state index in [0.717, 1.165) is 5.69 Å². The molecule has 0 radical (unpaired) electrons. The van der Waals surface area contributed by atoms with Crippen LogP contribution in [0.15, 0.2) is 29.2 Å². The van der Waals surface area contributed by atoms with Crippen molar-refractivity contribution in [2.75, 3.05) is 12.4 Å². The van der Waals surface area contributed by atoms with E-state index in [1.165, 1.54) is 12.1 Å². The molecule has 0 bridgehead atoms. The lowest BCUT2D eigenvalue weighted by atomic mass is 10.3. The summed E-state index contributed by atoms with van der Waals surface area (Å²) in [5, 5.41) is 7.74. The van der Waals surface area contributed by atoms with Gasteiger partial charge < -0.3 is 5.32 Å². The van der Waals surface area contributed by atoms with E-state index >= 15 is 0 Å². The molecule has 0 amide bonds. The van der Waals surface area contributed by atoms with Crippen molar-refractivity contribution in [3.8, 4) is 0 Å². The number of sulfonamides is 1. The largest absolute Gasteiger partial charge is 0.388 e.